The molecule has 3 aromatic heterocycles. The smallest absolute Gasteiger partial charge is 0.257 e. The van der Waals surface area contributed by atoms with Gasteiger partial charge in [-0.3, -0.25) is 4.79 Å². The third-order valence-corrected chi connectivity index (χ3v) is 5.19. The molecule has 0 saturated carbocycles. The van der Waals surface area contributed by atoms with Crippen molar-refractivity contribution >= 4 is 34.3 Å². The second kappa shape index (κ2) is 10.7. The highest BCUT2D eigenvalue weighted by Gasteiger charge is 2.18. The summed E-state index contributed by atoms with van der Waals surface area (Å²) in [6, 6.07) is 8.50. The largest absolute Gasteiger partial charge is 0.491 e. The summed E-state index contributed by atoms with van der Waals surface area (Å²) in [5.41, 5.74) is 2.09. The molecule has 1 aliphatic rings. The highest BCUT2D eigenvalue weighted by Crippen LogP contribution is 2.35. The van der Waals surface area contributed by atoms with E-state index in [0.29, 0.717) is 64.9 Å². The molecule has 12 heteroatoms. The van der Waals surface area contributed by atoms with Crippen LogP contribution in [0.4, 0.5) is 17.3 Å². The lowest BCUT2D eigenvalue weighted by molar-refractivity contribution is -0.114. The minimum Gasteiger partial charge on any atom is -0.491 e. The normalized spacial score (nSPS) is 13.3. The number of hydrogen-bond donors (Lipinski definition) is 3. The van der Waals surface area contributed by atoms with Crippen molar-refractivity contribution in [3.63, 3.8) is 0 Å². The summed E-state index contributed by atoms with van der Waals surface area (Å²) in [5, 5.41) is 5.88. The van der Waals surface area contributed by atoms with Crippen LogP contribution < -0.4 is 24.8 Å². The van der Waals surface area contributed by atoms with Crippen LogP contribution in [0, 0.1) is 0 Å². The second-order valence-electron chi connectivity index (χ2n) is 7.93. The maximum absolute atomic E-state index is 11.6. The van der Waals surface area contributed by atoms with Crippen LogP contribution >= 0.6 is 0 Å². The van der Waals surface area contributed by atoms with Gasteiger partial charge in [0, 0.05) is 36.9 Å². The minimum absolute atomic E-state index is 0.109. The summed E-state index contributed by atoms with van der Waals surface area (Å²) in [4.78, 5) is 24.9. The van der Waals surface area contributed by atoms with Gasteiger partial charge in [0.1, 0.15) is 30.6 Å². The van der Waals surface area contributed by atoms with E-state index in [1.54, 1.807) is 36.5 Å². The standard InChI is InChI=1S/C23H25N5O6S/c1-13(2)34-16-8-15(12-35(30)31)26-22(9-16)27-19-10-21(25-14(3)29)24-11-17(19)18-4-5-20-23(28-18)33-7-6-32-20/h4-5,8-11,13H,6-7,12H2,1-3H3,(H,30,31)(H2,24,25,26,27,29). The van der Waals surface area contributed by atoms with Crippen molar-refractivity contribution in [2.75, 3.05) is 23.8 Å². The average Bonchev–Trinajstić information content (AvgIpc) is 2.77. The quantitative estimate of drug-likeness (QED) is 0.394. The lowest BCUT2D eigenvalue weighted by Gasteiger charge is -2.19. The molecule has 11 nitrogen and oxygen atoms in total. The molecule has 0 bridgehead atoms. The molecule has 1 amide bonds. The number of hydrogen-bond acceptors (Lipinski definition) is 9. The molecule has 1 unspecified atom stereocenters. The van der Waals surface area contributed by atoms with Crippen molar-refractivity contribution in [2.24, 2.45) is 0 Å². The number of amides is 1. The molecule has 0 saturated heterocycles. The number of pyridine rings is 3. The van der Waals surface area contributed by atoms with Gasteiger partial charge in [-0.1, -0.05) is 0 Å². The zero-order valence-corrected chi connectivity index (χ0v) is 20.2. The van der Waals surface area contributed by atoms with Gasteiger partial charge in [0.25, 0.3) is 5.88 Å². The van der Waals surface area contributed by atoms with Gasteiger partial charge in [0.15, 0.2) is 16.8 Å². The first-order valence-corrected chi connectivity index (χ1v) is 12.1. The molecule has 0 fully saturated rings. The molecule has 1 aliphatic heterocycles. The lowest BCUT2D eigenvalue weighted by atomic mass is 10.1. The van der Waals surface area contributed by atoms with E-state index in [1.807, 2.05) is 13.8 Å². The number of rotatable bonds is 8. The third-order valence-electron chi connectivity index (χ3n) is 4.65. The summed E-state index contributed by atoms with van der Waals surface area (Å²) in [5.74, 6) is 1.70. The number of carbonyl (C=O) groups excluding carboxylic acids is 1. The van der Waals surface area contributed by atoms with Gasteiger partial charge in [-0.2, -0.15) is 0 Å². The molecule has 0 aromatic carbocycles. The van der Waals surface area contributed by atoms with Crippen LogP contribution in [0.5, 0.6) is 17.4 Å². The summed E-state index contributed by atoms with van der Waals surface area (Å²) < 4.78 is 37.7. The Hall–Kier alpha value is -3.77. The van der Waals surface area contributed by atoms with E-state index in [0.717, 1.165) is 0 Å². The summed E-state index contributed by atoms with van der Waals surface area (Å²) >= 11 is -2.08. The van der Waals surface area contributed by atoms with Gasteiger partial charge < -0.3 is 29.4 Å². The monoisotopic (exact) mass is 499 g/mol. The average molecular weight is 500 g/mol. The van der Waals surface area contributed by atoms with E-state index >= 15 is 0 Å². The van der Waals surface area contributed by atoms with E-state index in [9.17, 15) is 13.6 Å². The van der Waals surface area contributed by atoms with Gasteiger partial charge in [0.05, 0.1) is 28.9 Å². The van der Waals surface area contributed by atoms with Gasteiger partial charge >= 0.3 is 0 Å². The van der Waals surface area contributed by atoms with Crippen LogP contribution in [0.25, 0.3) is 11.3 Å². The minimum atomic E-state index is -2.08. The Bertz CT molecular complexity index is 1270. The molecule has 3 aromatic rings. The van der Waals surface area contributed by atoms with Crippen LogP contribution in [0.15, 0.2) is 36.5 Å². The number of fused-ring (bicyclic) bond motifs is 1. The maximum atomic E-state index is 11.6. The second-order valence-corrected chi connectivity index (χ2v) is 8.86. The Labute approximate surface area is 204 Å². The summed E-state index contributed by atoms with van der Waals surface area (Å²) in [7, 11) is 0. The van der Waals surface area contributed by atoms with Crippen LogP contribution in [0.1, 0.15) is 26.5 Å². The number of aromatic nitrogens is 3. The molecule has 4 rings (SSSR count). The fourth-order valence-corrected chi connectivity index (χ4v) is 3.80. The van der Waals surface area contributed by atoms with Crippen LogP contribution in [0.2, 0.25) is 0 Å². The van der Waals surface area contributed by atoms with Crippen molar-refractivity contribution in [3.8, 4) is 28.6 Å². The van der Waals surface area contributed by atoms with E-state index in [2.05, 4.69) is 25.6 Å². The molecule has 0 spiro atoms. The number of anilines is 3. The van der Waals surface area contributed by atoms with Crippen molar-refractivity contribution in [2.45, 2.75) is 32.6 Å². The Balaban J connectivity index is 1.76. The van der Waals surface area contributed by atoms with E-state index < -0.39 is 11.1 Å². The Morgan fingerprint density at radius 3 is 2.71 bits per heavy atom. The predicted molar refractivity (Wildman–Crippen MR) is 131 cm³/mol. The highest BCUT2D eigenvalue weighted by atomic mass is 32.2. The predicted octanol–water partition coefficient (Wildman–Crippen LogP) is 3.52. The topological polar surface area (TPSA) is 145 Å². The number of nitrogens with one attached hydrogen (secondary N) is 2. The molecule has 1 atom stereocenters. The fourth-order valence-electron chi connectivity index (χ4n) is 3.40. The molecule has 184 valence electrons. The first-order valence-electron chi connectivity index (χ1n) is 10.8. The summed E-state index contributed by atoms with van der Waals surface area (Å²) in [6.45, 7) is 6.00. The number of nitrogens with zero attached hydrogens (tertiary/aromatic N) is 3. The van der Waals surface area contributed by atoms with Crippen LogP contribution in [-0.4, -0.2) is 48.9 Å². The first-order chi connectivity index (χ1) is 16.8. The third kappa shape index (κ3) is 6.43. The van der Waals surface area contributed by atoms with E-state index in [1.165, 1.54) is 6.92 Å². The molecule has 3 N–H and O–H groups in total. The zero-order chi connectivity index (χ0) is 24.9. The van der Waals surface area contributed by atoms with Crippen LogP contribution in [-0.2, 0) is 21.6 Å². The van der Waals surface area contributed by atoms with Gasteiger partial charge in [0.2, 0.25) is 5.91 Å². The fraction of sp³-hybridized carbons (Fsp3) is 0.304. The first kappa shape index (κ1) is 24.4. The van der Waals surface area contributed by atoms with Crippen molar-refractivity contribution in [3.05, 3.63) is 42.2 Å². The SMILES string of the molecule is CC(=O)Nc1cc(Nc2cc(OC(C)C)cc(CS(=O)O)n2)c(-c2ccc3c(n2)OCCO3)cn1. The Kier molecular flexibility index (Phi) is 7.42. The lowest BCUT2D eigenvalue weighted by Crippen LogP contribution is -2.16. The van der Waals surface area contributed by atoms with Gasteiger partial charge in [-0.05, 0) is 26.0 Å². The summed E-state index contributed by atoms with van der Waals surface area (Å²) in [6.07, 6.45) is 1.46. The van der Waals surface area contributed by atoms with E-state index in [-0.39, 0.29) is 17.8 Å². The Morgan fingerprint density at radius 1 is 1.17 bits per heavy atom. The van der Waals surface area contributed by atoms with Gasteiger partial charge in [-0.25, -0.2) is 19.2 Å². The molecule has 35 heavy (non-hydrogen) atoms. The van der Waals surface area contributed by atoms with E-state index in [4.69, 9.17) is 14.2 Å². The molecule has 0 aliphatic carbocycles. The van der Waals surface area contributed by atoms with Crippen molar-refractivity contribution in [1.29, 1.82) is 0 Å². The molecule has 4 heterocycles. The maximum Gasteiger partial charge on any atom is 0.257 e. The van der Waals surface area contributed by atoms with Crippen LogP contribution in [0.3, 0.4) is 0 Å². The number of ether oxygens (including phenoxy) is 3. The molecule has 0 radical (unpaired) electrons. The number of carbonyl (C=O) groups is 1. The Morgan fingerprint density at radius 2 is 1.97 bits per heavy atom. The highest BCUT2D eigenvalue weighted by molar-refractivity contribution is 7.78. The zero-order valence-electron chi connectivity index (χ0n) is 19.4. The molecular formula is C23H25N5O6S. The molecular weight excluding hydrogens is 474 g/mol. The van der Waals surface area contributed by atoms with Crippen molar-refractivity contribution < 1.29 is 27.8 Å². The van der Waals surface area contributed by atoms with Crippen molar-refractivity contribution in [1.82, 2.24) is 15.0 Å². The van der Waals surface area contributed by atoms with Gasteiger partial charge in [-0.15, -0.1) is 0 Å².